The second kappa shape index (κ2) is 22.6. The number of carbonyl (C=O) groups is 2. The molecule has 0 heterocycles. The fraction of sp³-hybridized carbons (Fsp3) is 0.409. The zero-order chi connectivity index (χ0) is 39.1. The number of carboxylic acid groups (broad SMARTS) is 2. The van der Waals surface area contributed by atoms with Gasteiger partial charge in [0.15, 0.2) is 0 Å². The number of aromatic hydroxyl groups is 2. The first-order valence-corrected chi connectivity index (χ1v) is 18.0. The van der Waals surface area contributed by atoms with E-state index in [0.29, 0.717) is 46.5 Å². The molecule has 0 unspecified atom stereocenters. The molecule has 0 aliphatic carbocycles. The molecule has 1 radical (unpaired) electrons. The predicted molar refractivity (Wildman–Crippen MR) is 210 cm³/mol. The van der Waals surface area contributed by atoms with Crippen molar-refractivity contribution in [1.82, 2.24) is 0 Å². The normalized spacial score (nSPS) is 11.2. The Bertz CT molecular complexity index is 1720. The van der Waals surface area contributed by atoms with Gasteiger partial charge in [0.05, 0.1) is 11.4 Å². The van der Waals surface area contributed by atoms with Crippen LogP contribution in [0.25, 0.3) is 10.8 Å². The van der Waals surface area contributed by atoms with Crippen LogP contribution in [0, 0.1) is 23.7 Å². The molecule has 53 heavy (non-hydrogen) atoms. The molecule has 4 aromatic rings. The summed E-state index contributed by atoms with van der Waals surface area (Å²) < 4.78 is 0. The Morgan fingerprint density at radius 3 is 1.17 bits per heavy atom. The number of rotatable bonds is 12. The number of aliphatic carboxylic acids is 2. The summed E-state index contributed by atoms with van der Waals surface area (Å²) in [4.78, 5) is 27.6. The molecular weight excluding hydrogens is 711 g/mol. The first-order chi connectivity index (χ1) is 24.4. The number of phenols is 2. The smallest absolute Gasteiger partial charge is 0.550 e. The Balaban J connectivity index is 0.00000142. The standard InChI is InChI=1S/C40H50N2O2.2C2H4O2.Co/c1-25(2)13-29-17-33(15-27(5)6)39(43)35(19-29)23-41-37-21-31-11-9-10-12-32(31)22-38(37)42-24-36-20-30(14-26(3)4)18-34(40(36)44)16-28(7)8;2*1-2(3)4;/h9-12,17-28,43-44H,13-16H2,1-8H3;2*1H3,(H,3,4);/q;;;+2/p-2. The molecule has 0 bridgehead atoms. The third-order valence-corrected chi connectivity index (χ3v) is 7.63. The number of benzene rings is 4. The van der Waals surface area contributed by atoms with E-state index in [1.54, 1.807) is 12.4 Å². The average molecular weight is 768 g/mol. The van der Waals surface area contributed by atoms with Crippen LogP contribution < -0.4 is 10.2 Å². The van der Waals surface area contributed by atoms with Crippen LogP contribution in [0.3, 0.4) is 0 Å². The molecule has 287 valence electrons. The van der Waals surface area contributed by atoms with Gasteiger partial charge in [0.2, 0.25) is 0 Å². The van der Waals surface area contributed by atoms with Gasteiger partial charge in [0.25, 0.3) is 0 Å². The molecule has 0 spiro atoms. The van der Waals surface area contributed by atoms with Crippen molar-refractivity contribution in [2.45, 2.75) is 94.9 Å². The third kappa shape index (κ3) is 16.8. The number of carboxylic acids is 2. The molecule has 0 saturated carbocycles. The van der Waals surface area contributed by atoms with Gasteiger partial charge in [0, 0.05) is 35.5 Å². The first kappa shape index (κ1) is 46.5. The summed E-state index contributed by atoms with van der Waals surface area (Å²) in [5.74, 6) is 0.301. The van der Waals surface area contributed by atoms with Crippen molar-refractivity contribution in [1.29, 1.82) is 0 Å². The molecule has 9 heteroatoms. The van der Waals surface area contributed by atoms with Crippen molar-refractivity contribution >= 4 is 46.5 Å². The van der Waals surface area contributed by atoms with Gasteiger partial charge < -0.3 is 30.0 Å². The van der Waals surface area contributed by atoms with E-state index in [0.717, 1.165) is 72.6 Å². The Morgan fingerprint density at radius 1 is 0.585 bits per heavy atom. The Kier molecular flexibility index (Phi) is 19.8. The molecule has 2 N–H and O–H groups in total. The van der Waals surface area contributed by atoms with E-state index in [2.05, 4.69) is 91.8 Å². The van der Waals surface area contributed by atoms with Gasteiger partial charge in [0.1, 0.15) is 11.5 Å². The third-order valence-electron chi connectivity index (χ3n) is 7.63. The zero-order valence-corrected chi connectivity index (χ0v) is 33.9. The molecule has 0 saturated heterocycles. The maximum absolute atomic E-state index is 11.2. The Hall–Kier alpha value is -4.47. The first-order valence-electron chi connectivity index (χ1n) is 18.0. The van der Waals surface area contributed by atoms with Crippen LogP contribution in [-0.2, 0) is 52.1 Å². The molecule has 0 amide bonds. The number of aliphatic imine (C=N–C) groups is 2. The van der Waals surface area contributed by atoms with Crippen LogP contribution in [-0.4, -0.2) is 34.6 Å². The summed E-state index contributed by atoms with van der Waals surface area (Å²) in [5, 5.41) is 42.4. The van der Waals surface area contributed by atoms with Gasteiger partial charge in [-0.05, 0) is 120 Å². The number of hydrogen-bond acceptors (Lipinski definition) is 8. The molecule has 4 rings (SSSR count). The molecule has 0 atom stereocenters. The number of phenolic OH excluding ortho intramolecular Hbond substituents is 2. The molecule has 8 nitrogen and oxygen atoms in total. The zero-order valence-electron chi connectivity index (χ0n) is 32.8. The molecular formula is C44H56CoN2O6. The van der Waals surface area contributed by atoms with Crippen molar-refractivity contribution in [3.05, 3.63) is 94.0 Å². The number of hydrogen-bond donors (Lipinski definition) is 2. The van der Waals surface area contributed by atoms with Crippen molar-refractivity contribution in [3.8, 4) is 11.5 Å². The SMILES string of the molecule is CC(=O)[O-].CC(=O)[O-].CC(C)Cc1cc(C=Nc2cc3ccccc3cc2N=Cc2cc(CC(C)C)cc(CC(C)C)c2O)c(O)c(CC(C)C)c1.[Co+2]. The Morgan fingerprint density at radius 2 is 0.887 bits per heavy atom. The second-order valence-electron chi connectivity index (χ2n) is 15.0. The van der Waals surface area contributed by atoms with E-state index >= 15 is 0 Å². The topological polar surface area (TPSA) is 145 Å². The second-order valence-corrected chi connectivity index (χ2v) is 15.0. The number of nitrogens with zero attached hydrogens (tertiary/aromatic N) is 2. The fourth-order valence-electron chi connectivity index (χ4n) is 5.84. The molecule has 0 aliphatic rings. The quantitative estimate of drug-likeness (QED) is 0.140. The maximum atomic E-state index is 11.2. The number of carbonyl (C=O) groups excluding carboxylic acids is 2. The van der Waals surface area contributed by atoms with Gasteiger partial charge in [-0.3, -0.25) is 9.98 Å². The van der Waals surface area contributed by atoms with Crippen LogP contribution in [0.2, 0.25) is 0 Å². The summed E-state index contributed by atoms with van der Waals surface area (Å²) in [6, 6.07) is 20.7. The van der Waals surface area contributed by atoms with E-state index in [1.165, 1.54) is 11.1 Å². The van der Waals surface area contributed by atoms with Crippen LogP contribution >= 0.6 is 0 Å². The minimum absolute atomic E-state index is 0. The van der Waals surface area contributed by atoms with E-state index in [1.807, 2.05) is 24.3 Å². The summed E-state index contributed by atoms with van der Waals surface area (Å²) in [6.45, 7) is 19.5. The summed E-state index contributed by atoms with van der Waals surface area (Å²) in [6.07, 6.45) is 7.04. The Labute approximate surface area is 326 Å². The van der Waals surface area contributed by atoms with E-state index in [4.69, 9.17) is 29.8 Å². The van der Waals surface area contributed by atoms with Crippen LogP contribution in [0.1, 0.15) is 103 Å². The summed E-state index contributed by atoms with van der Waals surface area (Å²) in [7, 11) is 0. The van der Waals surface area contributed by atoms with Gasteiger partial charge in [-0.25, -0.2) is 0 Å². The van der Waals surface area contributed by atoms with Gasteiger partial charge in [-0.2, -0.15) is 0 Å². The molecule has 0 fully saturated rings. The average Bonchev–Trinajstić information content (AvgIpc) is 3.01. The van der Waals surface area contributed by atoms with Crippen molar-refractivity contribution in [2.75, 3.05) is 0 Å². The minimum atomic E-state index is -1.08. The van der Waals surface area contributed by atoms with Crippen LogP contribution in [0.4, 0.5) is 11.4 Å². The van der Waals surface area contributed by atoms with Crippen LogP contribution in [0.15, 0.2) is 70.6 Å². The van der Waals surface area contributed by atoms with Gasteiger partial charge >= 0.3 is 16.8 Å². The number of fused-ring (bicyclic) bond motifs is 1. The van der Waals surface area contributed by atoms with Gasteiger partial charge in [-0.15, -0.1) is 0 Å². The predicted octanol–water partition coefficient (Wildman–Crippen LogP) is 8.06. The molecule has 0 aliphatic heterocycles. The summed E-state index contributed by atoms with van der Waals surface area (Å²) in [5.41, 5.74) is 7.20. The minimum Gasteiger partial charge on any atom is -0.550 e. The van der Waals surface area contributed by atoms with Gasteiger partial charge in [-0.1, -0.05) is 91.8 Å². The fourth-order valence-corrected chi connectivity index (χ4v) is 5.84. The van der Waals surface area contributed by atoms with E-state index in [9.17, 15) is 10.2 Å². The molecule has 0 aromatic heterocycles. The van der Waals surface area contributed by atoms with Crippen LogP contribution in [0.5, 0.6) is 11.5 Å². The van der Waals surface area contributed by atoms with E-state index < -0.39 is 11.9 Å². The maximum Gasteiger partial charge on any atom is 2.00 e. The monoisotopic (exact) mass is 767 g/mol. The largest absolute Gasteiger partial charge is 2.00 e. The van der Waals surface area contributed by atoms with Crippen molar-refractivity contribution in [2.24, 2.45) is 33.7 Å². The summed E-state index contributed by atoms with van der Waals surface area (Å²) >= 11 is 0. The van der Waals surface area contributed by atoms with Crippen molar-refractivity contribution < 1.29 is 46.8 Å². The van der Waals surface area contributed by atoms with Crippen molar-refractivity contribution in [3.63, 3.8) is 0 Å². The molecule has 4 aromatic carbocycles. The van der Waals surface area contributed by atoms with E-state index in [-0.39, 0.29) is 16.8 Å².